The predicted molar refractivity (Wildman–Crippen MR) is 74.4 cm³/mol. The number of aliphatic hydroxyl groups is 1. The predicted octanol–water partition coefficient (Wildman–Crippen LogP) is 1.84. The van der Waals surface area contributed by atoms with E-state index >= 15 is 0 Å². The van der Waals surface area contributed by atoms with Crippen LogP contribution in [-0.4, -0.2) is 49.0 Å². The molecule has 2 rings (SSSR count). The van der Waals surface area contributed by atoms with Crippen LogP contribution < -0.4 is 4.74 Å². The monoisotopic (exact) mass is 265 g/mol. The Balaban J connectivity index is 1.91. The Bertz CT molecular complexity index is 395. The largest absolute Gasteiger partial charge is 0.490 e. The molecule has 0 radical (unpaired) electrons. The van der Waals surface area contributed by atoms with E-state index in [1.54, 1.807) is 6.92 Å². The molecular weight excluding hydrogens is 242 g/mol. The second kappa shape index (κ2) is 6.89. The molecule has 19 heavy (non-hydrogen) atoms. The number of likely N-dealkylation sites (N-methyl/N-ethyl adjacent to an activating group) is 1. The summed E-state index contributed by atoms with van der Waals surface area (Å²) in [6, 6.07) is 7.61. The summed E-state index contributed by atoms with van der Waals surface area (Å²) in [6.45, 7) is 8.15. The molecule has 2 unspecified atom stereocenters. The van der Waals surface area contributed by atoms with Crippen molar-refractivity contribution in [1.29, 1.82) is 0 Å². The normalized spacial score (nSPS) is 22.2. The van der Waals surface area contributed by atoms with Crippen LogP contribution in [0.25, 0.3) is 0 Å². The number of hydrogen-bond donors (Lipinski definition) is 1. The van der Waals surface area contributed by atoms with Crippen LogP contribution in [0.15, 0.2) is 24.3 Å². The zero-order valence-corrected chi connectivity index (χ0v) is 11.7. The summed E-state index contributed by atoms with van der Waals surface area (Å²) in [7, 11) is 0. The van der Waals surface area contributed by atoms with Crippen LogP contribution in [0.4, 0.5) is 0 Å². The summed E-state index contributed by atoms with van der Waals surface area (Å²) in [5, 5.41) is 9.70. The van der Waals surface area contributed by atoms with E-state index in [9.17, 15) is 5.11 Å². The molecule has 1 aromatic rings. The fraction of sp³-hybridized carbons (Fsp3) is 0.600. The highest BCUT2D eigenvalue weighted by Gasteiger charge is 2.20. The van der Waals surface area contributed by atoms with E-state index in [4.69, 9.17) is 9.47 Å². The van der Waals surface area contributed by atoms with Gasteiger partial charge in [0.15, 0.2) is 0 Å². The molecule has 0 aromatic heterocycles. The molecule has 1 aromatic carbocycles. The van der Waals surface area contributed by atoms with Crippen LogP contribution in [0, 0.1) is 0 Å². The first-order valence-electron chi connectivity index (χ1n) is 6.94. The van der Waals surface area contributed by atoms with Crippen LogP contribution in [0.5, 0.6) is 5.75 Å². The van der Waals surface area contributed by atoms with Crippen LogP contribution in [0.2, 0.25) is 0 Å². The van der Waals surface area contributed by atoms with Crippen molar-refractivity contribution in [3.8, 4) is 5.75 Å². The highest BCUT2D eigenvalue weighted by molar-refractivity contribution is 5.34. The number of morpholine rings is 1. The van der Waals surface area contributed by atoms with Crippen molar-refractivity contribution in [3.63, 3.8) is 0 Å². The molecule has 1 saturated heterocycles. The zero-order valence-electron chi connectivity index (χ0n) is 11.7. The molecule has 1 aliphatic rings. The van der Waals surface area contributed by atoms with Gasteiger partial charge < -0.3 is 14.6 Å². The summed E-state index contributed by atoms with van der Waals surface area (Å²) >= 11 is 0. The number of rotatable bonds is 5. The standard InChI is InChI=1S/C15H23NO3/c1-3-16-8-9-18-13(10-16)11-19-15-7-5-4-6-14(15)12(2)17/h4-7,12-13,17H,3,8-11H2,1-2H3. The molecule has 4 nitrogen and oxygen atoms in total. The first-order chi connectivity index (χ1) is 9.20. The molecule has 1 fully saturated rings. The lowest BCUT2D eigenvalue weighted by Crippen LogP contribution is -2.44. The summed E-state index contributed by atoms with van der Waals surface area (Å²) < 4.78 is 11.5. The van der Waals surface area contributed by atoms with Gasteiger partial charge in [0.05, 0.1) is 12.7 Å². The lowest BCUT2D eigenvalue weighted by atomic mass is 10.1. The lowest BCUT2D eigenvalue weighted by Gasteiger charge is -2.32. The molecule has 1 heterocycles. The molecule has 0 aliphatic carbocycles. The minimum Gasteiger partial charge on any atom is -0.490 e. The Morgan fingerprint density at radius 1 is 1.47 bits per heavy atom. The molecule has 1 aliphatic heterocycles. The van der Waals surface area contributed by atoms with Gasteiger partial charge in [0.2, 0.25) is 0 Å². The molecule has 4 heteroatoms. The number of benzene rings is 1. The van der Waals surface area contributed by atoms with Gasteiger partial charge in [0.1, 0.15) is 18.5 Å². The van der Waals surface area contributed by atoms with Crippen LogP contribution in [0.3, 0.4) is 0 Å². The Kier molecular flexibility index (Phi) is 5.19. The summed E-state index contributed by atoms with van der Waals surface area (Å²) in [5.41, 5.74) is 0.825. The van der Waals surface area contributed by atoms with Crippen LogP contribution in [-0.2, 0) is 4.74 Å². The number of para-hydroxylation sites is 1. The van der Waals surface area contributed by atoms with Gasteiger partial charge in [-0.25, -0.2) is 0 Å². The number of aliphatic hydroxyl groups excluding tert-OH is 1. The van der Waals surface area contributed by atoms with Crippen molar-refractivity contribution in [2.75, 3.05) is 32.8 Å². The third-order valence-corrected chi connectivity index (χ3v) is 3.46. The smallest absolute Gasteiger partial charge is 0.125 e. The van der Waals surface area contributed by atoms with E-state index in [2.05, 4.69) is 11.8 Å². The second-order valence-electron chi connectivity index (χ2n) is 4.91. The zero-order chi connectivity index (χ0) is 13.7. The van der Waals surface area contributed by atoms with Crippen molar-refractivity contribution in [2.24, 2.45) is 0 Å². The highest BCUT2D eigenvalue weighted by atomic mass is 16.5. The molecule has 0 spiro atoms. The Morgan fingerprint density at radius 2 is 2.26 bits per heavy atom. The summed E-state index contributed by atoms with van der Waals surface area (Å²) in [5.74, 6) is 0.745. The topological polar surface area (TPSA) is 41.9 Å². The van der Waals surface area contributed by atoms with E-state index in [1.807, 2.05) is 24.3 Å². The lowest BCUT2D eigenvalue weighted by molar-refractivity contribution is -0.0467. The van der Waals surface area contributed by atoms with E-state index in [0.717, 1.165) is 37.6 Å². The Morgan fingerprint density at radius 3 is 3.00 bits per heavy atom. The minimum atomic E-state index is -0.518. The van der Waals surface area contributed by atoms with Gasteiger partial charge in [0.25, 0.3) is 0 Å². The third kappa shape index (κ3) is 3.93. The van der Waals surface area contributed by atoms with E-state index in [0.29, 0.717) is 6.61 Å². The van der Waals surface area contributed by atoms with E-state index in [1.165, 1.54) is 0 Å². The Hall–Kier alpha value is -1.10. The fourth-order valence-electron chi connectivity index (χ4n) is 2.31. The number of hydrogen-bond acceptors (Lipinski definition) is 4. The first kappa shape index (κ1) is 14.3. The number of nitrogens with zero attached hydrogens (tertiary/aromatic N) is 1. The molecule has 0 saturated carbocycles. The molecular formula is C15H23NO3. The van der Waals surface area contributed by atoms with Gasteiger partial charge in [-0.1, -0.05) is 25.1 Å². The van der Waals surface area contributed by atoms with Gasteiger partial charge in [-0.15, -0.1) is 0 Å². The maximum absolute atomic E-state index is 9.70. The molecule has 2 atom stereocenters. The van der Waals surface area contributed by atoms with Gasteiger partial charge in [0, 0.05) is 18.7 Å². The van der Waals surface area contributed by atoms with E-state index < -0.39 is 6.10 Å². The van der Waals surface area contributed by atoms with E-state index in [-0.39, 0.29) is 6.10 Å². The summed E-state index contributed by atoms with van der Waals surface area (Å²) in [6.07, 6.45) is -0.411. The summed E-state index contributed by atoms with van der Waals surface area (Å²) in [4.78, 5) is 2.36. The average Bonchev–Trinajstić information content (AvgIpc) is 2.45. The molecule has 0 amide bonds. The maximum Gasteiger partial charge on any atom is 0.125 e. The van der Waals surface area contributed by atoms with Crippen molar-refractivity contribution in [1.82, 2.24) is 4.90 Å². The third-order valence-electron chi connectivity index (χ3n) is 3.46. The average molecular weight is 265 g/mol. The molecule has 106 valence electrons. The minimum absolute atomic E-state index is 0.107. The van der Waals surface area contributed by atoms with Crippen molar-refractivity contribution >= 4 is 0 Å². The number of ether oxygens (including phenoxy) is 2. The molecule has 0 bridgehead atoms. The second-order valence-corrected chi connectivity index (χ2v) is 4.91. The molecule has 1 N–H and O–H groups in total. The Labute approximate surface area is 114 Å². The fourth-order valence-corrected chi connectivity index (χ4v) is 2.31. The van der Waals surface area contributed by atoms with Crippen LogP contribution >= 0.6 is 0 Å². The van der Waals surface area contributed by atoms with Crippen molar-refractivity contribution in [3.05, 3.63) is 29.8 Å². The van der Waals surface area contributed by atoms with Crippen molar-refractivity contribution in [2.45, 2.75) is 26.1 Å². The SMILES string of the molecule is CCN1CCOC(COc2ccccc2C(C)O)C1. The maximum atomic E-state index is 9.70. The highest BCUT2D eigenvalue weighted by Crippen LogP contribution is 2.24. The van der Waals surface area contributed by atoms with Crippen molar-refractivity contribution < 1.29 is 14.6 Å². The quantitative estimate of drug-likeness (QED) is 0.882. The van der Waals surface area contributed by atoms with Gasteiger partial charge in [-0.2, -0.15) is 0 Å². The van der Waals surface area contributed by atoms with Crippen LogP contribution in [0.1, 0.15) is 25.5 Å². The van der Waals surface area contributed by atoms with Gasteiger partial charge in [-0.3, -0.25) is 4.90 Å². The van der Waals surface area contributed by atoms with Gasteiger partial charge >= 0.3 is 0 Å². The first-order valence-corrected chi connectivity index (χ1v) is 6.94. The van der Waals surface area contributed by atoms with Gasteiger partial charge in [-0.05, 0) is 19.5 Å².